The highest BCUT2D eigenvalue weighted by Crippen LogP contribution is 2.28. The molecule has 1 aliphatic heterocycles. The number of amides is 1. The standard InChI is InChI=1S/C29H25FIN3O3/c1-17(35)22-16-33-24-11-12-25(27(31)26(24)28(22)36)32-15-20-8-5-13-34(20)29(37)19-9-10-21(23(30)14-19)18-6-3-2-4-7-18/h2-4,6-7,9-12,14,16,20,32H,5,8,13,15H2,1H3,(H,33,36). The van der Waals surface area contributed by atoms with Crippen molar-refractivity contribution in [1.82, 2.24) is 9.88 Å². The summed E-state index contributed by atoms with van der Waals surface area (Å²) >= 11 is 2.11. The van der Waals surface area contributed by atoms with Crippen molar-refractivity contribution < 1.29 is 14.0 Å². The summed E-state index contributed by atoms with van der Waals surface area (Å²) in [5.41, 5.74) is 2.80. The first kappa shape index (κ1) is 25.1. The summed E-state index contributed by atoms with van der Waals surface area (Å²) in [4.78, 5) is 42.9. The summed E-state index contributed by atoms with van der Waals surface area (Å²) in [7, 11) is 0. The van der Waals surface area contributed by atoms with Crippen molar-refractivity contribution in [1.29, 1.82) is 0 Å². The van der Waals surface area contributed by atoms with Gasteiger partial charge in [0.05, 0.1) is 16.5 Å². The van der Waals surface area contributed by atoms with Gasteiger partial charge in [0.25, 0.3) is 5.91 Å². The van der Waals surface area contributed by atoms with E-state index in [1.165, 1.54) is 19.2 Å². The third kappa shape index (κ3) is 4.90. The van der Waals surface area contributed by atoms with E-state index < -0.39 is 5.82 Å². The Hall–Kier alpha value is -3.53. The van der Waals surface area contributed by atoms with Crippen molar-refractivity contribution in [3.05, 3.63) is 97.6 Å². The summed E-state index contributed by atoms with van der Waals surface area (Å²) in [5, 5.41) is 3.85. The summed E-state index contributed by atoms with van der Waals surface area (Å²) in [5.74, 6) is -0.906. The van der Waals surface area contributed by atoms with Crippen LogP contribution < -0.4 is 10.7 Å². The molecule has 0 bridgehead atoms. The maximum atomic E-state index is 14.9. The van der Waals surface area contributed by atoms with Gasteiger partial charge in [-0.2, -0.15) is 0 Å². The number of aromatic amines is 1. The van der Waals surface area contributed by atoms with Gasteiger partial charge in [0.1, 0.15) is 5.82 Å². The average Bonchev–Trinajstić information content (AvgIpc) is 3.36. The minimum atomic E-state index is -0.424. The topological polar surface area (TPSA) is 82.3 Å². The number of hydrogen-bond acceptors (Lipinski definition) is 4. The summed E-state index contributed by atoms with van der Waals surface area (Å²) < 4.78 is 15.6. The van der Waals surface area contributed by atoms with Crippen molar-refractivity contribution in [3.63, 3.8) is 0 Å². The Bertz CT molecular complexity index is 1570. The monoisotopic (exact) mass is 609 g/mol. The van der Waals surface area contributed by atoms with E-state index in [1.807, 2.05) is 36.4 Å². The van der Waals surface area contributed by atoms with E-state index in [0.717, 1.165) is 24.1 Å². The normalized spacial score (nSPS) is 15.2. The van der Waals surface area contributed by atoms with E-state index in [0.29, 0.717) is 38.7 Å². The molecule has 4 aromatic rings. The van der Waals surface area contributed by atoms with Crippen LogP contribution in [0.3, 0.4) is 0 Å². The molecule has 2 heterocycles. The van der Waals surface area contributed by atoms with Crippen LogP contribution in [-0.2, 0) is 0 Å². The second kappa shape index (κ2) is 10.5. The Morgan fingerprint density at radius 1 is 1.14 bits per heavy atom. The Kier molecular flexibility index (Phi) is 7.10. The molecule has 1 fully saturated rings. The minimum Gasteiger partial charge on any atom is -0.382 e. The number of likely N-dealkylation sites (tertiary alicyclic amines) is 1. The Morgan fingerprint density at radius 3 is 2.65 bits per heavy atom. The number of hydrogen-bond donors (Lipinski definition) is 2. The number of carbonyl (C=O) groups is 2. The fourth-order valence-electron chi connectivity index (χ4n) is 4.88. The zero-order valence-corrected chi connectivity index (χ0v) is 22.3. The molecule has 3 aromatic carbocycles. The van der Waals surface area contributed by atoms with Gasteiger partial charge < -0.3 is 15.2 Å². The van der Waals surface area contributed by atoms with Crippen LogP contribution in [0.1, 0.15) is 40.5 Å². The lowest BCUT2D eigenvalue weighted by Gasteiger charge is -2.26. The average molecular weight is 609 g/mol. The van der Waals surface area contributed by atoms with Crippen LogP contribution in [-0.4, -0.2) is 40.7 Å². The number of H-pyrrole nitrogens is 1. The second-order valence-corrected chi connectivity index (χ2v) is 10.3. The predicted octanol–water partition coefficient (Wildman–Crippen LogP) is 5.86. The van der Waals surface area contributed by atoms with E-state index in [-0.39, 0.29) is 28.7 Å². The first-order chi connectivity index (χ1) is 17.8. The molecule has 37 heavy (non-hydrogen) atoms. The van der Waals surface area contributed by atoms with Gasteiger partial charge in [-0.3, -0.25) is 14.4 Å². The van der Waals surface area contributed by atoms with Crippen LogP contribution in [0.2, 0.25) is 0 Å². The largest absolute Gasteiger partial charge is 0.382 e. The highest BCUT2D eigenvalue weighted by molar-refractivity contribution is 14.1. The Balaban J connectivity index is 1.34. The number of Topliss-reactive ketones (excluding diaryl/α,β-unsaturated/α-hetero) is 1. The Morgan fingerprint density at radius 2 is 1.92 bits per heavy atom. The fraction of sp³-hybridized carbons (Fsp3) is 0.207. The number of carbonyl (C=O) groups excluding carboxylic acids is 2. The number of fused-ring (bicyclic) bond motifs is 1. The number of rotatable bonds is 6. The molecule has 0 aliphatic carbocycles. The molecule has 188 valence electrons. The molecule has 1 aromatic heterocycles. The highest BCUT2D eigenvalue weighted by Gasteiger charge is 2.30. The molecular weight excluding hydrogens is 584 g/mol. The van der Waals surface area contributed by atoms with Gasteiger partial charge in [-0.05, 0) is 72.2 Å². The van der Waals surface area contributed by atoms with Crippen LogP contribution in [0.25, 0.3) is 22.0 Å². The van der Waals surface area contributed by atoms with E-state index in [9.17, 15) is 18.8 Å². The molecule has 2 N–H and O–H groups in total. The molecule has 6 nitrogen and oxygen atoms in total. The van der Waals surface area contributed by atoms with E-state index in [1.54, 1.807) is 23.1 Å². The summed E-state index contributed by atoms with van der Waals surface area (Å²) in [6.07, 6.45) is 3.13. The molecule has 1 saturated heterocycles. The number of nitrogens with one attached hydrogen (secondary N) is 2. The van der Waals surface area contributed by atoms with Crippen LogP contribution in [0.15, 0.2) is 71.7 Å². The zero-order chi connectivity index (χ0) is 26.1. The molecule has 1 unspecified atom stereocenters. The number of ketones is 1. The Labute approximate surface area is 227 Å². The van der Waals surface area contributed by atoms with Crippen LogP contribution in [0.4, 0.5) is 10.1 Å². The van der Waals surface area contributed by atoms with E-state index >= 15 is 0 Å². The van der Waals surface area contributed by atoms with Crippen molar-refractivity contribution in [2.75, 3.05) is 18.4 Å². The third-order valence-corrected chi connectivity index (χ3v) is 7.95. The zero-order valence-electron chi connectivity index (χ0n) is 20.2. The van der Waals surface area contributed by atoms with Gasteiger partial charge in [-0.1, -0.05) is 36.4 Å². The highest BCUT2D eigenvalue weighted by atomic mass is 127. The maximum absolute atomic E-state index is 14.9. The molecule has 1 atom stereocenters. The molecular formula is C29H25FIN3O3. The number of nitrogens with zero attached hydrogens (tertiary/aromatic N) is 1. The third-order valence-electron chi connectivity index (χ3n) is 6.83. The quantitative estimate of drug-likeness (QED) is 0.212. The fourth-order valence-corrected chi connectivity index (χ4v) is 5.78. The molecule has 0 spiro atoms. The predicted molar refractivity (Wildman–Crippen MR) is 152 cm³/mol. The number of benzene rings is 3. The van der Waals surface area contributed by atoms with Gasteiger partial charge >= 0.3 is 0 Å². The lowest BCUT2D eigenvalue weighted by Crippen LogP contribution is -2.39. The van der Waals surface area contributed by atoms with Crippen molar-refractivity contribution in [2.45, 2.75) is 25.8 Å². The van der Waals surface area contributed by atoms with Gasteiger partial charge in [0.15, 0.2) is 5.78 Å². The van der Waals surface area contributed by atoms with Gasteiger partial charge in [0, 0.05) is 45.7 Å². The number of anilines is 1. The molecule has 5 rings (SSSR count). The molecule has 1 amide bonds. The summed E-state index contributed by atoms with van der Waals surface area (Å²) in [6.45, 7) is 2.46. The summed E-state index contributed by atoms with van der Waals surface area (Å²) in [6, 6.07) is 17.5. The van der Waals surface area contributed by atoms with Gasteiger partial charge in [0.2, 0.25) is 5.43 Å². The van der Waals surface area contributed by atoms with E-state index in [2.05, 4.69) is 32.9 Å². The first-order valence-electron chi connectivity index (χ1n) is 12.1. The number of pyridine rings is 1. The van der Waals surface area contributed by atoms with Gasteiger partial charge in [-0.15, -0.1) is 0 Å². The van der Waals surface area contributed by atoms with Crippen LogP contribution in [0.5, 0.6) is 0 Å². The number of aromatic nitrogens is 1. The molecule has 0 saturated carbocycles. The van der Waals surface area contributed by atoms with Crippen LogP contribution >= 0.6 is 22.6 Å². The van der Waals surface area contributed by atoms with Gasteiger partial charge in [-0.25, -0.2) is 4.39 Å². The van der Waals surface area contributed by atoms with Crippen molar-refractivity contribution in [2.24, 2.45) is 0 Å². The maximum Gasteiger partial charge on any atom is 0.254 e. The molecule has 1 aliphatic rings. The second-order valence-electron chi connectivity index (χ2n) is 9.17. The molecule has 8 heteroatoms. The lowest BCUT2D eigenvalue weighted by atomic mass is 10.0. The van der Waals surface area contributed by atoms with E-state index in [4.69, 9.17) is 0 Å². The van der Waals surface area contributed by atoms with Crippen LogP contribution in [0, 0.1) is 9.39 Å². The lowest BCUT2D eigenvalue weighted by molar-refractivity contribution is 0.0743. The SMILES string of the molecule is CC(=O)c1c[nH]c2ccc(NCC3CCCN3C(=O)c3ccc(-c4ccccc4)c(F)c3)c(I)c2c1=O. The number of halogens is 2. The van der Waals surface area contributed by atoms with Crippen molar-refractivity contribution >= 4 is 50.9 Å². The first-order valence-corrected chi connectivity index (χ1v) is 13.2. The van der Waals surface area contributed by atoms with Crippen molar-refractivity contribution in [3.8, 4) is 11.1 Å². The molecule has 0 radical (unpaired) electrons. The smallest absolute Gasteiger partial charge is 0.254 e. The minimum absolute atomic E-state index is 0.0716.